The first-order valence-corrected chi connectivity index (χ1v) is 9.69. The van der Waals surface area contributed by atoms with Crippen LogP contribution in [0, 0.1) is 0 Å². The fraction of sp³-hybridized carbons (Fsp3) is 0.429. The van der Waals surface area contributed by atoms with Crippen LogP contribution in [0.4, 0.5) is 0 Å². The summed E-state index contributed by atoms with van der Waals surface area (Å²) in [5, 5.41) is 5.26. The number of methoxy groups -OCH3 is 1. The molecule has 154 valence electrons. The number of hydrogen-bond acceptors (Lipinski definition) is 5. The van der Waals surface area contributed by atoms with E-state index in [9.17, 15) is 4.79 Å². The van der Waals surface area contributed by atoms with E-state index in [0.29, 0.717) is 25.4 Å². The molecule has 1 aliphatic heterocycles. The lowest BCUT2D eigenvalue weighted by Gasteiger charge is -2.41. The molecule has 8 nitrogen and oxygen atoms in total. The van der Waals surface area contributed by atoms with Gasteiger partial charge in [0.2, 0.25) is 0 Å². The minimum absolute atomic E-state index is 0.0407. The minimum atomic E-state index is -0.201. The zero-order chi connectivity index (χ0) is 20.5. The molecule has 1 amide bonds. The van der Waals surface area contributed by atoms with Crippen LogP contribution in [0.3, 0.4) is 0 Å². The summed E-state index contributed by atoms with van der Waals surface area (Å²) in [6.45, 7) is 1.75. The Hall–Kier alpha value is -2.84. The van der Waals surface area contributed by atoms with Crippen molar-refractivity contribution in [1.29, 1.82) is 0 Å². The van der Waals surface area contributed by atoms with E-state index in [0.717, 1.165) is 22.2 Å². The number of H-pyrrole nitrogens is 1. The highest BCUT2D eigenvalue weighted by molar-refractivity contribution is 5.98. The molecule has 1 saturated heterocycles. The third-order valence-corrected chi connectivity index (χ3v) is 5.28. The molecule has 0 unspecified atom stereocenters. The molecular weight excluding hydrogens is 370 g/mol. The van der Waals surface area contributed by atoms with Gasteiger partial charge in [0.05, 0.1) is 32.1 Å². The van der Waals surface area contributed by atoms with Crippen LogP contribution in [0.5, 0.6) is 5.75 Å². The van der Waals surface area contributed by atoms with Crippen molar-refractivity contribution in [2.75, 3.05) is 40.9 Å². The van der Waals surface area contributed by atoms with Gasteiger partial charge in [-0.1, -0.05) is 0 Å². The van der Waals surface area contributed by atoms with Crippen LogP contribution in [0.2, 0.25) is 0 Å². The number of carbonyl (C=O) groups is 1. The number of nitrogens with zero attached hydrogens (tertiary/aromatic N) is 4. The van der Waals surface area contributed by atoms with Gasteiger partial charge in [0, 0.05) is 42.8 Å². The number of carbonyl (C=O) groups excluding carboxylic acids is 1. The number of aromatic amines is 1. The SMILES string of the molecule is COc1ccc2[nH]c(C(=O)N3CCO[C@@H](CN(C)C)[C@@H]3c3cnn(C)c3)cc2c1. The number of rotatable bonds is 5. The molecule has 8 heteroatoms. The van der Waals surface area contributed by atoms with Crippen LogP contribution < -0.4 is 4.74 Å². The van der Waals surface area contributed by atoms with Crippen LogP contribution in [-0.2, 0) is 11.8 Å². The topological polar surface area (TPSA) is 75.6 Å². The average Bonchev–Trinajstić information content (AvgIpc) is 3.32. The van der Waals surface area contributed by atoms with Crippen molar-refractivity contribution in [3.8, 4) is 5.75 Å². The molecule has 2 aromatic heterocycles. The molecule has 0 radical (unpaired) electrons. The van der Waals surface area contributed by atoms with Crippen LogP contribution in [0.1, 0.15) is 22.1 Å². The van der Waals surface area contributed by atoms with Crippen molar-refractivity contribution in [3.05, 3.63) is 47.9 Å². The highest BCUT2D eigenvalue weighted by Crippen LogP contribution is 2.32. The van der Waals surface area contributed by atoms with Crippen molar-refractivity contribution >= 4 is 16.8 Å². The van der Waals surface area contributed by atoms with Gasteiger partial charge in [0.1, 0.15) is 11.4 Å². The molecule has 1 aromatic carbocycles. The maximum atomic E-state index is 13.5. The quantitative estimate of drug-likeness (QED) is 0.713. The molecule has 0 aliphatic carbocycles. The van der Waals surface area contributed by atoms with Gasteiger partial charge in [-0.3, -0.25) is 9.48 Å². The summed E-state index contributed by atoms with van der Waals surface area (Å²) in [6.07, 6.45) is 3.65. The Morgan fingerprint density at radius 2 is 2.21 bits per heavy atom. The predicted molar refractivity (Wildman–Crippen MR) is 110 cm³/mol. The second kappa shape index (κ2) is 7.88. The zero-order valence-corrected chi connectivity index (χ0v) is 17.3. The summed E-state index contributed by atoms with van der Waals surface area (Å²) in [5.74, 6) is 0.724. The van der Waals surface area contributed by atoms with E-state index in [-0.39, 0.29) is 18.1 Å². The molecule has 1 fully saturated rings. The summed E-state index contributed by atoms with van der Waals surface area (Å²) in [6, 6.07) is 7.42. The lowest BCUT2D eigenvalue weighted by molar-refractivity contribution is -0.0686. The normalized spacial score (nSPS) is 19.8. The Bertz CT molecular complexity index is 1010. The van der Waals surface area contributed by atoms with Gasteiger partial charge in [0.25, 0.3) is 5.91 Å². The van der Waals surface area contributed by atoms with E-state index in [1.54, 1.807) is 11.8 Å². The molecule has 0 bridgehead atoms. The standard InChI is InChI=1S/C21H27N5O3/c1-24(2)13-19-20(15-11-22-25(3)12-15)26(7-8-29-19)21(27)18-10-14-9-16(28-4)5-6-17(14)23-18/h5-6,9-12,19-20,23H,7-8,13H2,1-4H3/t19-,20-/m0/s1. The Morgan fingerprint density at radius 3 is 2.90 bits per heavy atom. The lowest BCUT2D eigenvalue weighted by atomic mass is 10.00. The molecule has 1 N–H and O–H groups in total. The second-order valence-electron chi connectivity index (χ2n) is 7.70. The molecular formula is C21H27N5O3. The fourth-order valence-electron chi connectivity index (χ4n) is 3.97. The van der Waals surface area contributed by atoms with Gasteiger partial charge in [-0.25, -0.2) is 0 Å². The molecule has 29 heavy (non-hydrogen) atoms. The third-order valence-electron chi connectivity index (χ3n) is 5.28. The maximum absolute atomic E-state index is 13.5. The summed E-state index contributed by atoms with van der Waals surface area (Å²) >= 11 is 0. The molecule has 4 rings (SSSR count). The molecule has 1 aliphatic rings. The first-order chi connectivity index (χ1) is 14.0. The molecule has 0 spiro atoms. The number of ether oxygens (including phenoxy) is 2. The smallest absolute Gasteiger partial charge is 0.270 e. The van der Waals surface area contributed by atoms with Gasteiger partial charge in [0.15, 0.2) is 0 Å². The number of amides is 1. The predicted octanol–water partition coefficient (Wildman–Crippen LogP) is 2.05. The third kappa shape index (κ3) is 3.86. The molecule has 3 heterocycles. The second-order valence-corrected chi connectivity index (χ2v) is 7.70. The van der Waals surface area contributed by atoms with Crippen molar-refractivity contribution in [1.82, 2.24) is 24.6 Å². The van der Waals surface area contributed by atoms with E-state index in [2.05, 4.69) is 15.0 Å². The number of fused-ring (bicyclic) bond motifs is 1. The van der Waals surface area contributed by atoms with Crippen molar-refractivity contribution in [2.24, 2.45) is 7.05 Å². The highest BCUT2D eigenvalue weighted by atomic mass is 16.5. The molecule has 3 aromatic rings. The van der Waals surface area contributed by atoms with Crippen LogP contribution in [0.25, 0.3) is 10.9 Å². The summed E-state index contributed by atoms with van der Waals surface area (Å²) in [7, 11) is 7.54. The number of morpholine rings is 1. The number of aryl methyl sites for hydroxylation is 1. The van der Waals surface area contributed by atoms with Crippen LogP contribution in [0.15, 0.2) is 36.7 Å². The number of aromatic nitrogens is 3. The molecule has 0 saturated carbocycles. The Kier molecular flexibility index (Phi) is 5.29. The summed E-state index contributed by atoms with van der Waals surface area (Å²) in [5.41, 5.74) is 2.45. The van der Waals surface area contributed by atoms with Crippen molar-refractivity contribution in [3.63, 3.8) is 0 Å². The monoisotopic (exact) mass is 397 g/mol. The van der Waals surface area contributed by atoms with Crippen LogP contribution >= 0.6 is 0 Å². The number of benzene rings is 1. The van der Waals surface area contributed by atoms with E-state index in [1.165, 1.54) is 0 Å². The zero-order valence-electron chi connectivity index (χ0n) is 17.3. The van der Waals surface area contributed by atoms with Gasteiger partial charge < -0.3 is 24.3 Å². The first kappa shape index (κ1) is 19.5. The van der Waals surface area contributed by atoms with E-state index >= 15 is 0 Å². The van der Waals surface area contributed by atoms with Crippen molar-refractivity contribution in [2.45, 2.75) is 12.1 Å². The van der Waals surface area contributed by atoms with Gasteiger partial charge in [-0.2, -0.15) is 5.10 Å². The highest BCUT2D eigenvalue weighted by Gasteiger charge is 2.38. The number of likely N-dealkylation sites (N-methyl/N-ethyl adjacent to an activating group) is 1. The summed E-state index contributed by atoms with van der Waals surface area (Å²) < 4.78 is 13.1. The Morgan fingerprint density at radius 1 is 1.38 bits per heavy atom. The molecule has 2 atom stereocenters. The number of hydrogen-bond donors (Lipinski definition) is 1. The maximum Gasteiger partial charge on any atom is 0.270 e. The van der Waals surface area contributed by atoms with Gasteiger partial charge >= 0.3 is 0 Å². The Balaban J connectivity index is 1.69. The van der Waals surface area contributed by atoms with Gasteiger partial charge in [-0.05, 0) is 38.4 Å². The van der Waals surface area contributed by atoms with Gasteiger partial charge in [-0.15, -0.1) is 0 Å². The Labute approximate surface area is 170 Å². The summed E-state index contributed by atoms with van der Waals surface area (Å²) in [4.78, 5) is 20.8. The van der Waals surface area contributed by atoms with Crippen LogP contribution in [-0.4, -0.2) is 77.5 Å². The lowest BCUT2D eigenvalue weighted by Crippen LogP contribution is -2.51. The first-order valence-electron chi connectivity index (χ1n) is 9.69. The van der Waals surface area contributed by atoms with E-state index in [1.807, 2.05) is 62.7 Å². The van der Waals surface area contributed by atoms with Crippen molar-refractivity contribution < 1.29 is 14.3 Å². The average molecular weight is 397 g/mol. The van der Waals surface area contributed by atoms with E-state index in [4.69, 9.17) is 9.47 Å². The largest absolute Gasteiger partial charge is 0.497 e. The van der Waals surface area contributed by atoms with E-state index < -0.39 is 0 Å². The minimum Gasteiger partial charge on any atom is -0.497 e. The fourth-order valence-corrected chi connectivity index (χ4v) is 3.97. The number of nitrogens with one attached hydrogen (secondary N) is 1.